The highest BCUT2D eigenvalue weighted by molar-refractivity contribution is 7.08. The summed E-state index contributed by atoms with van der Waals surface area (Å²) in [7, 11) is 0. The summed E-state index contributed by atoms with van der Waals surface area (Å²) in [6.45, 7) is 4.73. The van der Waals surface area contributed by atoms with Crippen molar-refractivity contribution in [2.75, 3.05) is 6.61 Å². The molecule has 0 saturated heterocycles. The Kier molecular flexibility index (Phi) is 4.15. The smallest absolute Gasteiger partial charge is 0.194 e. The molecule has 3 heteroatoms. The molecule has 0 aliphatic carbocycles. The van der Waals surface area contributed by atoms with Crippen LogP contribution in [-0.2, 0) is 0 Å². The van der Waals surface area contributed by atoms with E-state index in [4.69, 9.17) is 4.74 Å². The molecule has 2 nitrogen and oxygen atoms in total. The van der Waals surface area contributed by atoms with Crippen molar-refractivity contribution >= 4 is 17.1 Å². The van der Waals surface area contributed by atoms with Gasteiger partial charge in [0, 0.05) is 16.5 Å². The molecule has 0 bridgehead atoms. The van der Waals surface area contributed by atoms with Gasteiger partial charge in [0.05, 0.1) is 6.61 Å². The number of rotatable bonds is 5. The molecular weight excluding hydrogens is 244 g/mol. The van der Waals surface area contributed by atoms with Crippen LogP contribution >= 0.6 is 11.3 Å². The number of ketones is 1. The lowest BCUT2D eigenvalue weighted by molar-refractivity contribution is 0.103. The van der Waals surface area contributed by atoms with Crippen molar-refractivity contribution < 1.29 is 9.53 Å². The average Bonchev–Trinajstić information content (AvgIpc) is 2.82. The van der Waals surface area contributed by atoms with E-state index in [1.165, 1.54) is 0 Å². The number of hydrogen-bond acceptors (Lipinski definition) is 3. The van der Waals surface area contributed by atoms with Gasteiger partial charge in [-0.3, -0.25) is 4.79 Å². The Balaban J connectivity index is 2.15. The Hall–Kier alpha value is -1.61. The van der Waals surface area contributed by atoms with E-state index in [-0.39, 0.29) is 5.78 Å². The molecule has 0 aliphatic heterocycles. The van der Waals surface area contributed by atoms with Gasteiger partial charge in [0.1, 0.15) is 5.75 Å². The zero-order valence-electron chi connectivity index (χ0n) is 10.6. The highest BCUT2D eigenvalue weighted by Gasteiger charge is 2.12. The zero-order valence-corrected chi connectivity index (χ0v) is 11.4. The summed E-state index contributed by atoms with van der Waals surface area (Å²) in [6, 6.07) is 7.35. The van der Waals surface area contributed by atoms with Crippen LogP contribution in [0.3, 0.4) is 0 Å². The summed E-state index contributed by atoms with van der Waals surface area (Å²) < 4.78 is 5.50. The first kappa shape index (κ1) is 12.8. The second-order valence-corrected chi connectivity index (χ2v) is 4.91. The fourth-order valence-electron chi connectivity index (χ4n) is 1.67. The lowest BCUT2D eigenvalue weighted by atomic mass is 10.0. The predicted molar refractivity (Wildman–Crippen MR) is 74.7 cm³/mol. The molecule has 0 unspecified atom stereocenters. The third-order valence-electron chi connectivity index (χ3n) is 2.69. The minimum atomic E-state index is 0.0794. The van der Waals surface area contributed by atoms with Crippen LogP contribution in [0.2, 0.25) is 0 Å². The first-order valence-corrected chi connectivity index (χ1v) is 6.97. The number of carbonyl (C=O) groups excluding carboxylic acids is 1. The standard InChI is InChI=1S/C15H16O2S/c1-3-8-17-13-6-4-12(5-7-13)15(16)14-10-18-9-11(14)2/h4-7,9-10H,3,8H2,1-2H3. The molecule has 0 radical (unpaired) electrons. The van der Waals surface area contributed by atoms with Gasteiger partial charge in [-0.05, 0) is 48.6 Å². The van der Waals surface area contributed by atoms with E-state index in [9.17, 15) is 4.79 Å². The monoisotopic (exact) mass is 260 g/mol. The summed E-state index contributed by atoms with van der Waals surface area (Å²) in [5, 5.41) is 3.89. The van der Waals surface area contributed by atoms with Crippen LogP contribution in [0.15, 0.2) is 35.0 Å². The summed E-state index contributed by atoms with van der Waals surface area (Å²) in [5.41, 5.74) is 2.54. The first-order valence-electron chi connectivity index (χ1n) is 6.02. The summed E-state index contributed by atoms with van der Waals surface area (Å²) in [4.78, 5) is 12.2. The second kappa shape index (κ2) is 5.83. The van der Waals surface area contributed by atoms with Gasteiger partial charge in [-0.2, -0.15) is 11.3 Å². The van der Waals surface area contributed by atoms with Gasteiger partial charge in [-0.25, -0.2) is 0 Å². The molecule has 94 valence electrons. The topological polar surface area (TPSA) is 26.3 Å². The maximum atomic E-state index is 12.2. The molecule has 0 aliphatic rings. The fourth-order valence-corrected chi connectivity index (χ4v) is 2.50. The molecular formula is C15H16O2S. The van der Waals surface area contributed by atoms with E-state index < -0.39 is 0 Å². The van der Waals surface area contributed by atoms with Crippen molar-refractivity contribution in [1.29, 1.82) is 0 Å². The van der Waals surface area contributed by atoms with Crippen LogP contribution in [-0.4, -0.2) is 12.4 Å². The molecule has 1 aromatic heterocycles. The van der Waals surface area contributed by atoms with Crippen LogP contribution in [0.25, 0.3) is 0 Å². The average molecular weight is 260 g/mol. The van der Waals surface area contributed by atoms with Crippen LogP contribution in [0.5, 0.6) is 5.75 Å². The van der Waals surface area contributed by atoms with E-state index >= 15 is 0 Å². The number of aryl methyl sites for hydroxylation is 1. The third kappa shape index (κ3) is 2.79. The Morgan fingerprint density at radius 2 is 1.94 bits per heavy atom. The van der Waals surface area contributed by atoms with Crippen LogP contribution in [0.4, 0.5) is 0 Å². The largest absolute Gasteiger partial charge is 0.494 e. The Morgan fingerprint density at radius 1 is 1.22 bits per heavy atom. The molecule has 1 aromatic carbocycles. The number of benzene rings is 1. The van der Waals surface area contributed by atoms with Crippen LogP contribution < -0.4 is 4.74 Å². The van der Waals surface area contributed by atoms with Crippen molar-refractivity contribution in [2.24, 2.45) is 0 Å². The molecule has 18 heavy (non-hydrogen) atoms. The minimum Gasteiger partial charge on any atom is -0.494 e. The Bertz CT molecular complexity index is 526. The Labute approximate surface area is 111 Å². The first-order chi connectivity index (χ1) is 8.72. The molecule has 0 saturated carbocycles. The van der Waals surface area contributed by atoms with E-state index in [0.717, 1.165) is 23.3 Å². The summed E-state index contributed by atoms with van der Waals surface area (Å²) >= 11 is 1.56. The van der Waals surface area contributed by atoms with Gasteiger partial charge >= 0.3 is 0 Å². The maximum absolute atomic E-state index is 12.2. The fraction of sp³-hybridized carbons (Fsp3) is 0.267. The number of thiophene rings is 1. The van der Waals surface area contributed by atoms with Gasteiger partial charge in [-0.1, -0.05) is 6.92 Å². The van der Waals surface area contributed by atoms with Gasteiger partial charge in [0.25, 0.3) is 0 Å². The van der Waals surface area contributed by atoms with Crippen molar-refractivity contribution in [3.05, 3.63) is 51.7 Å². The molecule has 0 amide bonds. The van der Waals surface area contributed by atoms with Gasteiger partial charge in [-0.15, -0.1) is 0 Å². The highest BCUT2D eigenvalue weighted by atomic mass is 32.1. The van der Waals surface area contributed by atoms with Crippen LogP contribution in [0, 0.1) is 6.92 Å². The van der Waals surface area contributed by atoms with Crippen molar-refractivity contribution in [3.63, 3.8) is 0 Å². The molecule has 0 fully saturated rings. The van der Waals surface area contributed by atoms with Crippen molar-refractivity contribution in [1.82, 2.24) is 0 Å². The molecule has 0 spiro atoms. The predicted octanol–water partition coefficient (Wildman–Crippen LogP) is 4.08. The normalized spacial score (nSPS) is 10.3. The number of hydrogen-bond donors (Lipinski definition) is 0. The summed E-state index contributed by atoms with van der Waals surface area (Å²) in [5.74, 6) is 0.895. The highest BCUT2D eigenvalue weighted by Crippen LogP contribution is 2.20. The molecule has 2 rings (SSSR count). The van der Waals surface area contributed by atoms with Crippen LogP contribution in [0.1, 0.15) is 34.8 Å². The number of carbonyl (C=O) groups is 1. The summed E-state index contributed by atoms with van der Waals surface area (Å²) in [6.07, 6.45) is 0.981. The SMILES string of the molecule is CCCOc1ccc(C(=O)c2cscc2C)cc1. The van der Waals surface area contributed by atoms with Gasteiger partial charge in [0.2, 0.25) is 0 Å². The van der Waals surface area contributed by atoms with E-state index in [0.29, 0.717) is 12.2 Å². The lowest BCUT2D eigenvalue weighted by Gasteiger charge is -2.05. The van der Waals surface area contributed by atoms with Gasteiger partial charge in [0.15, 0.2) is 5.78 Å². The molecule has 0 atom stereocenters. The maximum Gasteiger partial charge on any atom is 0.194 e. The molecule has 0 N–H and O–H groups in total. The Morgan fingerprint density at radius 3 is 2.50 bits per heavy atom. The van der Waals surface area contributed by atoms with Crippen molar-refractivity contribution in [3.8, 4) is 5.75 Å². The van der Waals surface area contributed by atoms with Crippen molar-refractivity contribution in [2.45, 2.75) is 20.3 Å². The van der Waals surface area contributed by atoms with E-state index in [2.05, 4.69) is 6.92 Å². The minimum absolute atomic E-state index is 0.0794. The lowest BCUT2D eigenvalue weighted by Crippen LogP contribution is -2.02. The molecule has 2 aromatic rings. The quantitative estimate of drug-likeness (QED) is 0.757. The van der Waals surface area contributed by atoms with Gasteiger partial charge < -0.3 is 4.74 Å². The third-order valence-corrected chi connectivity index (χ3v) is 3.55. The zero-order chi connectivity index (χ0) is 13.0. The van der Waals surface area contributed by atoms with E-state index in [1.807, 2.05) is 41.9 Å². The molecule has 1 heterocycles. The number of ether oxygens (including phenoxy) is 1. The van der Waals surface area contributed by atoms with E-state index in [1.54, 1.807) is 11.3 Å². The second-order valence-electron chi connectivity index (χ2n) is 4.17.